The molecule has 1 fully saturated rings. The van der Waals surface area contributed by atoms with Crippen molar-refractivity contribution in [1.82, 2.24) is 14.4 Å². The summed E-state index contributed by atoms with van der Waals surface area (Å²) in [4.78, 5) is 24.9. The smallest absolute Gasteiger partial charge is 0.272 e. The van der Waals surface area contributed by atoms with Gasteiger partial charge in [0.05, 0.1) is 5.69 Å². The van der Waals surface area contributed by atoms with Gasteiger partial charge in [-0.1, -0.05) is 11.3 Å². The highest BCUT2D eigenvalue weighted by atomic mass is 32.1. The van der Waals surface area contributed by atoms with Crippen molar-refractivity contribution in [2.75, 3.05) is 4.90 Å². The van der Waals surface area contributed by atoms with Gasteiger partial charge in [-0.05, 0) is 19.8 Å². The van der Waals surface area contributed by atoms with Crippen LogP contribution in [0.3, 0.4) is 0 Å². The zero-order chi connectivity index (χ0) is 13.7. The average Bonchev–Trinajstić information content (AvgIpc) is 2.83. The maximum Gasteiger partial charge on any atom is 0.272 e. The number of hydrogen-bond donors (Lipinski definition) is 0. The Kier molecular flexibility index (Phi) is 2.64. The van der Waals surface area contributed by atoms with E-state index in [1.807, 2.05) is 34.0 Å². The number of amides is 1. The van der Waals surface area contributed by atoms with Gasteiger partial charge in [0.15, 0.2) is 10.1 Å². The Balaban J connectivity index is 1.72. The van der Waals surface area contributed by atoms with Gasteiger partial charge < -0.3 is 0 Å². The highest BCUT2D eigenvalue weighted by Crippen LogP contribution is 2.35. The van der Waals surface area contributed by atoms with Crippen molar-refractivity contribution < 1.29 is 4.79 Å². The number of anilines is 1. The van der Waals surface area contributed by atoms with Gasteiger partial charge in [-0.15, -0.1) is 11.3 Å². The number of carbonyl (C=O) groups excluding carboxylic acids is 1. The molecule has 0 radical (unpaired) electrons. The molecule has 4 rings (SSSR count). The molecular weight excluding hydrogens is 292 g/mol. The third-order valence-electron chi connectivity index (χ3n) is 3.25. The van der Waals surface area contributed by atoms with Crippen LogP contribution in [0.4, 0.5) is 5.13 Å². The van der Waals surface area contributed by atoms with Gasteiger partial charge in [-0.2, -0.15) is 0 Å². The number of aromatic nitrogens is 3. The lowest BCUT2D eigenvalue weighted by molar-refractivity contribution is 0.0989. The second-order valence-corrected chi connectivity index (χ2v) is 6.74. The van der Waals surface area contributed by atoms with Crippen LogP contribution in [0.15, 0.2) is 24.0 Å². The molecular formula is C13H12N4OS2. The lowest BCUT2D eigenvalue weighted by Gasteiger charge is -2.18. The largest absolute Gasteiger partial charge is 0.297 e. The van der Waals surface area contributed by atoms with Gasteiger partial charge in [0.25, 0.3) is 5.91 Å². The van der Waals surface area contributed by atoms with E-state index in [0.717, 1.165) is 28.6 Å². The van der Waals surface area contributed by atoms with E-state index in [9.17, 15) is 4.79 Å². The van der Waals surface area contributed by atoms with Crippen molar-refractivity contribution in [2.45, 2.75) is 25.8 Å². The fourth-order valence-corrected chi connectivity index (χ4v) is 3.89. The molecule has 1 aliphatic carbocycles. The monoisotopic (exact) mass is 304 g/mol. The predicted molar refractivity (Wildman–Crippen MR) is 79.8 cm³/mol. The molecule has 3 aromatic rings. The number of imidazole rings is 1. The third kappa shape index (κ3) is 1.94. The third-order valence-corrected chi connectivity index (χ3v) is 5.20. The summed E-state index contributed by atoms with van der Waals surface area (Å²) in [5, 5.41) is 2.79. The normalized spacial score (nSPS) is 14.8. The summed E-state index contributed by atoms with van der Waals surface area (Å²) in [6.45, 7) is 1.95. The summed E-state index contributed by atoms with van der Waals surface area (Å²) in [6.07, 6.45) is 7.57. The van der Waals surface area contributed by atoms with Crippen LogP contribution in [-0.2, 0) is 0 Å². The van der Waals surface area contributed by atoms with Crippen molar-refractivity contribution in [3.8, 4) is 0 Å². The molecule has 0 bridgehead atoms. The van der Waals surface area contributed by atoms with Crippen LogP contribution < -0.4 is 4.90 Å². The number of fused-ring (bicyclic) bond motifs is 1. The van der Waals surface area contributed by atoms with Crippen molar-refractivity contribution in [3.63, 3.8) is 0 Å². The van der Waals surface area contributed by atoms with E-state index < -0.39 is 0 Å². The molecule has 1 saturated carbocycles. The van der Waals surface area contributed by atoms with Crippen LogP contribution >= 0.6 is 22.7 Å². The van der Waals surface area contributed by atoms with Gasteiger partial charge in [0, 0.05) is 30.0 Å². The Morgan fingerprint density at radius 3 is 3.00 bits per heavy atom. The lowest BCUT2D eigenvalue weighted by atomic mass is 10.4. The minimum Gasteiger partial charge on any atom is -0.297 e. The second-order valence-electron chi connectivity index (χ2n) is 4.89. The summed E-state index contributed by atoms with van der Waals surface area (Å²) in [7, 11) is 0. The molecule has 0 spiro atoms. The molecule has 102 valence electrons. The quantitative estimate of drug-likeness (QED) is 0.747. The Morgan fingerprint density at radius 2 is 2.35 bits per heavy atom. The number of carbonyl (C=O) groups is 1. The van der Waals surface area contributed by atoms with Crippen LogP contribution in [0.25, 0.3) is 4.96 Å². The molecule has 0 N–H and O–H groups in total. The van der Waals surface area contributed by atoms with E-state index in [1.54, 1.807) is 6.20 Å². The summed E-state index contributed by atoms with van der Waals surface area (Å²) < 4.78 is 1.88. The highest BCUT2D eigenvalue weighted by molar-refractivity contribution is 7.19. The molecule has 0 aliphatic heterocycles. The van der Waals surface area contributed by atoms with Gasteiger partial charge in [-0.25, -0.2) is 9.97 Å². The van der Waals surface area contributed by atoms with Crippen LogP contribution in [0, 0.1) is 6.92 Å². The van der Waals surface area contributed by atoms with Crippen LogP contribution in [0.5, 0.6) is 0 Å². The Hall–Kier alpha value is -1.73. The van der Waals surface area contributed by atoms with Crippen LogP contribution in [-0.4, -0.2) is 26.3 Å². The molecule has 0 aromatic carbocycles. The first-order valence-electron chi connectivity index (χ1n) is 6.40. The van der Waals surface area contributed by atoms with E-state index in [2.05, 4.69) is 9.97 Å². The van der Waals surface area contributed by atoms with Gasteiger partial charge in [0.2, 0.25) is 0 Å². The van der Waals surface area contributed by atoms with E-state index in [4.69, 9.17) is 0 Å². The van der Waals surface area contributed by atoms with Crippen molar-refractivity contribution >= 4 is 38.7 Å². The van der Waals surface area contributed by atoms with E-state index in [1.165, 1.54) is 22.7 Å². The first kappa shape index (κ1) is 12.0. The zero-order valence-electron chi connectivity index (χ0n) is 10.8. The second kappa shape index (κ2) is 4.39. The molecule has 1 aliphatic rings. The van der Waals surface area contributed by atoms with Crippen molar-refractivity contribution in [1.29, 1.82) is 0 Å². The molecule has 5 nitrogen and oxygen atoms in total. The number of aryl methyl sites for hydroxylation is 1. The van der Waals surface area contributed by atoms with Gasteiger partial charge in [-0.3, -0.25) is 14.1 Å². The zero-order valence-corrected chi connectivity index (χ0v) is 12.4. The average molecular weight is 304 g/mol. The number of thiazole rings is 2. The molecule has 0 saturated heterocycles. The highest BCUT2D eigenvalue weighted by Gasteiger charge is 2.36. The SMILES string of the molecule is Cc1csc(N(C(=O)c2cn3ccnc3s2)C2CC2)n1. The van der Waals surface area contributed by atoms with Gasteiger partial charge >= 0.3 is 0 Å². The van der Waals surface area contributed by atoms with Crippen LogP contribution in [0.1, 0.15) is 28.2 Å². The first-order valence-corrected chi connectivity index (χ1v) is 8.10. The Labute approximate surface area is 123 Å². The summed E-state index contributed by atoms with van der Waals surface area (Å²) in [5.74, 6) is 0.0392. The molecule has 1 amide bonds. The Morgan fingerprint density at radius 1 is 1.50 bits per heavy atom. The fraction of sp³-hybridized carbons (Fsp3) is 0.308. The summed E-state index contributed by atoms with van der Waals surface area (Å²) >= 11 is 2.96. The van der Waals surface area contributed by atoms with E-state index in [-0.39, 0.29) is 5.91 Å². The molecule has 20 heavy (non-hydrogen) atoms. The summed E-state index contributed by atoms with van der Waals surface area (Å²) in [5.41, 5.74) is 0.962. The predicted octanol–water partition coefficient (Wildman–Crippen LogP) is 2.97. The summed E-state index contributed by atoms with van der Waals surface area (Å²) in [6, 6.07) is 0.308. The topological polar surface area (TPSA) is 50.5 Å². The molecule has 0 unspecified atom stereocenters. The number of nitrogens with zero attached hydrogens (tertiary/aromatic N) is 4. The first-order chi connectivity index (χ1) is 9.72. The minimum absolute atomic E-state index is 0.0392. The van der Waals surface area contributed by atoms with Gasteiger partial charge in [0.1, 0.15) is 4.88 Å². The minimum atomic E-state index is 0.0392. The van der Waals surface area contributed by atoms with Crippen molar-refractivity contribution in [2.24, 2.45) is 0 Å². The number of hydrogen-bond acceptors (Lipinski definition) is 5. The molecule has 3 aromatic heterocycles. The molecule has 7 heteroatoms. The molecule has 3 heterocycles. The number of rotatable bonds is 3. The van der Waals surface area contributed by atoms with E-state index in [0.29, 0.717) is 10.9 Å². The van der Waals surface area contributed by atoms with E-state index >= 15 is 0 Å². The van der Waals surface area contributed by atoms with Crippen molar-refractivity contribution in [3.05, 3.63) is 34.5 Å². The standard InChI is InChI=1S/C13H12N4OS2/c1-8-7-19-13(15-8)17(9-2-3-9)11(18)10-6-16-5-4-14-12(16)20-10/h4-7,9H,2-3H2,1H3. The maximum absolute atomic E-state index is 12.8. The molecule has 0 atom stereocenters. The Bertz CT molecular complexity index is 755. The van der Waals surface area contributed by atoms with Crippen LogP contribution in [0.2, 0.25) is 0 Å². The lowest BCUT2D eigenvalue weighted by Crippen LogP contribution is -2.32. The fourth-order valence-electron chi connectivity index (χ4n) is 2.14. The maximum atomic E-state index is 12.8.